The lowest BCUT2D eigenvalue weighted by Crippen LogP contribution is -2.08. The Kier molecular flexibility index (Phi) is 5.09. The highest BCUT2D eigenvalue weighted by Crippen LogP contribution is 2.24. The van der Waals surface area contributed by atoms with Crippen LogP contribution in [0.4, 0.5) is 4.39 Å². The van der Waals surface area contributed by atoms with E-state index in [0.29, 0.717) is 12.8 Å². The van der Waals surface area contributed by atoms with Crippen molar-refractivity contribution in [3.8, 4) is 0 Å². The molecule has 0 spiro atoms. The van der Waals surface area contributed by atoms with Crippen LogP contribution in [0.25, 0.3) is 0 Å². The zero-order valence-corrected chi connectivity index (χ0v) is 9.87. The summed E-state index contributed by atoms with van der Waals surface area (Å²) < 4.78 is 12.7. The number of rotatable bonds is 6. The van der Waals surface area contributed by atoms with Crippen molar-refractivity contribution in [2.24, 2.45) is 0 Å². The summed E-state index contributed by atoms with van der Waals surface area (Å²) >= 11 is 0. The number of Topliss-reactive ketones (excluding diaryl/α,β-unsaturated/α-hetero) is 1. The lowest BCUT2D eigenvalue weighted by atomic mass is 9.93. The SMILES string of the molecule is CCCC(CC(=O)CC)c1ccc(F)cn1. The summed E-state index contributed by atoms with van der Waals surface area (Å²) in [5.41, 5.74) is 0.824. The Labute approximate surface area is 95.9 Å². The molecule has 0 amide bonds. The second-order valence-electron chi connectivity index (χ2n) is 3.98. The van der Waals surface area contributed by atoms with Crippen molar-refractivity contribution in [3.05, 3.63) is 29.8 Å². The molecule has 1 atom stereocenters. The van der Waals surface area contributed by atoms with Gasteiger partial charge in [0.15, 0.2) is 0 Å². The first-order valence-corrected chi connectivity index (χ1v) is 5.80. The van der Waals surface area contributed by atoms with Gasteiger partial charge >= 0.3 is 0 Å². The highest BCUT2D eigenvalue weighted by Gasteiger charge is 2.15. The highest BCUT2D eigenvalue weighted by molar-refractivity contribution is 5.78. The Morgan fingerprint density at radius 2 is 2.19 bits per heavy atom. The Morgan fingerprint density at radius 1 is 1.44 bits per heavy atom. The molecule has 0 radical (unpaired) electrons. The van der Waals surface area contributed by atoms with Gasteiger partial charge < -0.3 is 0 Å². The van der Waals surface area contributed by atoms with Crippen LogP contribution in [0.15, 0.2) is 18.3 Å². The van der Waals surface area contributed by atoms with Crippen LogP contribution in [0.1, 0.15) is 51.1 Å². The predicted molar refractivity (Wildman–Crippen MR) is 61.8 cm³/mol. The number of carbonyl (C=O) groups excluding carboxylic acids is 1. The summed E-state index contributed by atoms with van der Waals surface area (Å²) in [5, 5.41) is 0. The summed E-state index contributed by atoms with van der Waals surface area (Å²) in [4.78, 5) is 15.5. The molecule has 0 aromatic carbocycles. The van der Waals surface area contributed by atoms with Crippen LogP contribution in [-0.2, 0) is 4.79 Å². The standard InChI is InChI=1S/C13H18FNO/c1-3-5-10(8-12(16)4-2)13-7-6-11(14)9-15-13/h6-7,9-10H,3-5,8H2,1-2H3. The summed E-state index contributed by atoms with van der Waals surface area (Å²) in [6.45, 7) is 3.94. The van der Waals surface area contributed by atoms with Crippen LogP contribution in [0.3, 0.4) is 0 Å². The molecule has 0 bridgehead atoms. The van der Waals surface area contributed by atoms with Crippen molar-refractivity contribution in [1.29, 1.82) is 0 Å². The molecule has 0 aliphatic heterocycles. The fourth-order valence-electron chi connectivity index (χ4n) is 1.75. The molecule has 0 fully saturated rings. The first-order chi connectivity index (χ1) is 7.67. The molecule has 0 aliphatic carbocycles. The van der Waals surface area contributed by atoms with Crippen molar-refractivity contribution >= 4 is 5.78 Å². The predicted octanol–water partition coefficient (Wildman–Crippen LogP) is 3.47. The minimum Gasteiger partial charge on any atom is -0.300 e. The van der Waals surface area contributed by atoms with Crippen molar-refractivity contribution in [3.63, 3.8) is 0 Å². The Bertz CT molecular complexity index is 334. The maximum absolute atomic E-state index is 12.7. The van der Waals surface area contributed by atoms with Gasteiger partial charge in [0.25, 0.3) is 0 Å². The van der Waals surface area contributed by atoms with Crippen molar-refractivity contribution in [2.45, 2.75) is 45.4 Å². The number of pyridine rings is 1. The van der Waals surface area contributed by atoms with E-state index in [4.69, 9.17) is 0 Å². The van der Waals surface area contributed by atoms with Crippen LogP contribution >= 0.6 is 0 Å². The molecule has 0 aliphatic rings. The van der Waals surface area contributed by atoms with Gasteiger partial charge in [-0.05, 0) is 18.6 Å². The van der Waals surface area contributed by atoms with Gasteiger partial charge in [0.05, 0.1) is 6.20 Å². The summed E-state index contributed by atoms with van der Waals surface area (Å²) in [5.74, 6) is 0.0449. The molecule has 1 aromatic rings. The van der Waals surface area contributed by atoms with Gasteiger partial charge in [0.2, 0.25) is 0 Å². The van der Waals surface area contributed by atoms with E-state index in [1.165, 1.54) is 12.3 Å². The average molecular weight is 223 g/mol. The van der Waals surface area contributed by atoms with Crippen LogP contribution < -0.4 is 0 Å². The number of nitrogens with zero attached hydrogens (tertiary/aromatic N) is 1. The molecule has 3 heteroatoms. The fraction of sp³-hybridized carbons (Fsp3) is 0.538. The van der Waals surface area contributed by atoms with Gasteiger partial charge in [0.1, 0.15) is 11.6 Å². The molecule has 0 N–H and O–H groups in total. The summed E-state index contributed by atoms with van der Waals surface area (Å²) in [7, 11) is 0. The number of aromatic nitrogens is 1. The molecule has 2 nitrogen and oxygen atoms in total. The van der Waals surface area contributed by atoms with Gasteiger partial charge in [0, 0.05) is 24.5 Å². The number of halogens is 1. The molecule has 16 heavy (non-hydrogen) atoms. The van der Waals surface area contributed by atoms with Crippen molar-refractivity contribution < 1.29 is 9.18 Å². The minimum atomic E-state index is -0.333. The van der Waals surface area contributed by atoms with Crippen LogP contribution in [0.2, 0.25) is 0 Å². The maximum atomic E-state index is 12.7. The smallest absolute Gasteiger partial charge is 0.141 e. The second-order valence-corrected chi connectivity index (χ2v) is 3.98. The van der Waals surface area contributed by atoms with E-state index in [1.807, 2.05) is 6.92 Å². The van der Waals surface area contributed by atoms with E-state index < -0.39 is 0 Å². The van der Waals surface area contributed by atoms with Crippen LogP contribution in [-0.4, -0.2) is 10.8 Å². The Hall–Kier alpha value is -1.25. The molecule has 1 aromatic heterocycles. The highest BCUT2D eigenvalue weighted by atomic mass is 19.1. The topological polar surface area (TPSA) is 30.0 Å². The monoisotopic (exact) mass is 223 g/mol. The zero-order valence-electron chi connectivity index (χ0n) is 9.87. The third-order valence-electron chi connectivity index (χ3n) is 2.67. The number of ketones is 1. The third-order valence-corrected chi connectivity index (χ3v) is 2.67. The third kappa shape index (κ3) is 3.72. The molecule has 1 rings (SSSR count). The Balaban J connectivity index is 2.76. The molecular weight excluding hydrogens is 205 g/mol. The molecule has 0 saturated heterocycles. The van der Waals surface area contributed by atoms with E-state index in [9.17, 15) is 9.18 Å². The van der Waals surface area contributed by atoms with Crippen LogP contribution in [0, 0.1) is 5.82 Å². The lowest BCUT2D eigenvalue weighted by molar-refractivity contribution is -0.119. The van der Waals surface area contributed by atoms with Crippen LogP contribution in [0.5, 0.6) is 0 Å². The van der Waals surface area contributed by atoms with E-state index in [0.717, 1.165) is 18.5 Å². The first kappa shape index (κ1) is 12.8. The first-order valence-electron chi connectivity index (χ1n) is 5.80. The normalized spacial score (nSPS) is 12.4. The van der Waals surface area contributed by atoms with E-state index in [1.54, 1.807) is 6.07 Å². The van der Waals surface area contributed by atoms with E-state index in [2.05, 4.69) is 11.9 Å². The van der Waals surface area contributed by atoms with Gasteiger partial charge in [-0.15, -0.1) is 0 Å². The summed E-state index contributed by atoms with van der Waals surface area (Å²) in [6, 6.07) is 3.08. The van der Waals surface area contributed by atoms with E-state index in [-0.39, 0.29) is 17.5 Å². The quantitative estimate of drug-likeness (QED) is 0.739. The lowest BCUT2D eigenvalue weighted by Gasteiger charge is -2.14. The number of hydrogen-bond acceptors (Lipinski definition) is 2. The van der Waals surface area contributed by atoms with Gasteiger partial charge in [-0.3, -0.25) is 9.78 Å². The molecule has 1 heterocycles. The molecular formula is C13H18FNO. The maximum Gasteiger partial charge on any atom is 0.141 e. The largest absolute Gasteiger partial charge is 0.300 e. The molecule has 0 saturated carbocycles. The molecule has 88 valence electrons. The van der Waals surface area contributed by atoms with Gasteiger partial charge in [-0.25, -0.2) is 4.39 Å². The second kappa shape index (κ2) is 6.36. The average Bonchev–Trinajstić information content (AvgIpc) is 2.29. The molecule has 1 unspecified atom stereocenters. The van der Waals surface area contributed by atoms with Gasteiger partial charge in [-0.2, -0.15) is 0 Å². The van der Waals surface area contributed by atoms with Gasteiger partial charge in [-0.1, -0.05) is 20.3 Å². The fourth-order valence-corrected chi connectivity index (χ4v) is 1.75. The summed E-state index contributed by atoms with van der Waals surface area (Å²) in [6.07, 6.45) is 4.21. The number of carbonyl (C=O) groups is 1. The minimum absolute atomic E-state index is 0.137. The Morgan fingerprint density at radius 3 is 2.69 bits per heavy atom. The zero-order chi connectivity index (χ0) is 12.0. The number of hydrogen-bond donors (Lipinski definition) is 0. The van der Waals surface area contributed by atoms with Crippen molar-refractivity contribution in [2.75, 3.05) is 0 Å². The van der Waals surface area contributed by atoms with E-state index >= 15 is 0 Å². The van der Waals surface area contributed by atoms with Crippen molar-refractivity contribution in [1.82, 2.24) is 4.98 Å².